The van der Waals surface area contributed by atoms with E-state index in [-0.39, 0.29) is 5.82 Å². The Morgan fingerprint density at radius 1 is 0.846 bits per heavy atom. The molecule has 0 N–H and O–H groups in total. The fourth-order valence-corrected chi connectivity index (χ4v) is 2.16. The maximum atomic E-state index is 13.5. The molecule has 0 fully saturated rings. The summed E-state index contributed by atoms with van der Waals surface area (Å²) in [5.74, 6) is 1.03. The number of benzene rings is 3. The van der Waals surface area contributed by atoms with Gasteiger partial charge in [-0.15, -0.1) is 0 Å². The lowest BCUT2D eigenvalue weighted by atomic mass is 10.3. The number of aliphatic imine (C=N–C) groups is 1. The van der Waals surface area contributed by atoms with Crippen molar-refractivity contribution in [3.63, 3.8) is 0 Å². The largest absolute Gasteiger partial charge is 0.465 e. The van der Waals surface area contributed by atoms with Gasteiger partial charge in [-0.2, -0.15) is 0 Å². The zero-order chi connectivity index (χ0) is 18.2. The summed E-state index contributed by atoms with van der Waals surface area (Å²) in [5, 5.41) is 0. The molecule has 0 bridgehead atoms. The number of para-hydroxylation sites is 2. The lowest BCUT2D eigenvalue weighted by Crippen LogP contribution is -2.11. The Bertz CT molecular complexity index is 906. The molecule has 0 saturated heterocycles. The van der Waals surface area contributed by atoms with Crippen LogP contribution in [0.3, 0.4) is 0 Å². The van der Waals surface area contributed by atoms with Crippen LogP contribution in [-0.2, 0) is 0 Å². The van der Waals surface area contributed by atoms with Crippen molar-refractivity contribution in [2.45, 2.75) is 6.92 Å². The number of nitrogens with zero attached hydrogens (tertiary/aromatic N) is 1. The van der Waals surface area contributed by atoms with Crippen molar-refractivity contribution in [2.75, 3.05) is 0 Å². The van der Waals surface area contributed by atoms with Crippen LogP contribution in [0, 0.1) is 5.82 Å². The number of hydrogen-bond donors (Lipinski definition) is 0. The van der Waals surface area contributed by atoms with Gasteiger partial charge in [-0.1, -0.05) is 42.5 Å². The van der Waals surface area contributed by atoms with Gasteiger partial charge in [-0.25, -0.2) is 9.38 Å². The van der Waals surface area contributed by atoms with Crippen LogP contribution in [0.15, 0.2) is 102 Å². The van der Waals surface area contributed by atoms with Gasteiger partial charge in [0, 0.05) is 11.6 Å². The molecule has 0 aliphatic rings. The molecule has 0 amide bonds. The number of halogens is 1. The smallest absolute Gasteiger partial charge is 0.225 e. The highest BCUT2D eigenvalue weighted by Crippen LogP contribution is 2.19. The second-order valence-corrected chi connectivity index (χ2v) is 5.54. The van der Waals surface area contributed by atoms with Crippen LogP contribution < -0.4 is 9.47 Å². The SMILES string of the molecule is CC(=C\Oc1ccccc1)/C(=N\c1ccccc1)Oc1cccc(F)c1. The monoisotopic (exact) mass is 347 g/mol. The maximum Gasteiger partial charge on any atom is 0.225 e. The Balaban J connectivity index is 1.88. The van der Waals surface area contributed by atoms with Gasteiger partial charge < -0.3 is 9.47 Å². The summed E-state index contributed by atoms with van der Waals surface area (Å²) in [4.78, 5) is 4.52. The van der Waals surface area contributed by atoms with E-state index < -0.39 is 0 Å². The Morgan fingerprint density at radius 2 is 1.50 bits per heavy atom. The van der Waals surface area contributed by atoms with Crippen LogP contribution in [0.25, 0.3) is 0 Å². The molecule has 130 valence electrons. The first-order chi connectivity index (χ1) is 12.7. The van der Waals surface area contributed by atoms with E-state index in [4.69, 9.17) is 9.47 Å². The zero-order valence-electron chi connectivity index (χ0n) is 14.3. The van der Waals surface area contributed by atoms with Crippen molar-refractivity contribution in [1.29, 1.82) is 0 Å². The molecule has 3 nitrogen and oxygen atoms in total. The molecule has 0 saturated carbocycles. The second kappa shape index (κ2) is 8.62. The van der Waals surface area contributed by atoms with Crippen LogP contribution >= 0.6 is 0 Å². The predicted molar refractivity (Wildman–Crippen MR) is 101 cm³/mol. The van der Waals surface area contributed by atoms with E-state index in [2.05, 4.69) is 4.99 Å². The summed E-state index contributed by atoms with van der Waals surface area (Å²) < 4.78 is 24.9. The molecule has 3 aromatic carbocycles. The lowest BCUT2D eigenvalue weighted by Gasteiger charge is -2.10. The topological polar surface area (TPSA) is 30.8 Å². The van der Waals surface area contributed by atoms with Crippen molar-refractivity contribution < 1.29 is 13.9 Å². The van der Waals surface area contributed by atoms with Crippen LogP contribution in [-0.4, -0.2) is 5.90 Å². The Labute approximate surface area is 152 Å². The van der Waals surface area contributed by atoms with Gasteiger partial charge in [0.25, 0.3) is 0 Å². The normalized spacial score (nSPS) is 11.9. The first-order valence-electron chi connectivity index (χ1n) is 8.17. The molecule has 0 atom stereocenters. The standard InChI is InChI=1S/C22H18FNO2/c1-17(16-25-20-12-6-3-7-13-20)22(24-19-10-4-2-5-11-19)26-21-14-8-9-18(23)15-21/h2-16H,1H3/b17-16+,24-22+. The Morgan fingerprint density at radius 3 is 2.19 bits per heavy atom. The van der Waals surface area contributed by atoms with Gasteiger partial charge >= 0.3 is 0 Å². The lowest BCUT2D eigenvalue weighted by molar-refractivity contribution is 0.473. The fourth-order valence-electron chi connectivity index (χ4n) is 2.16. The molecule has 0 aliphatic carbocycles. The summed E-state index contributed by atoms with van der Waals surface area (Å²) in [6, 6.07) is 24.7. The summed E-state index contributed by atoms with van der Waals surface area (Å²) in [6.07, 6.45) is 1.57. The summed E-state index contributed by atoms with van der Waals surface area (Å²) in [7, 11) is 0. The average Bonchev–Trinajstić information content (AvgIpc) is 2.67. The van der Waals surface area contributed by atoms with E-state index in [0.29, 0.717) is 23.0 Å². The van der Waals surface area contributed by atoms with E-state index in [9.17, 15) is 4.39 Å². The number of ether oxygens (including phenoxy) is 2. The second-order valence-electron chi connectivity index (χ2n) is 5.54. The van der Waals surface area contributed by atoms with Crippen molar-refractivity contribution in [3.8, 4) is 11.5 Å². The van der Waals surface area contributed by atoms with E-state index in [1.54, 1.807) is 18.4 Å². The third-order valence-electron chi connectivity index (χ3n) is 3.45. The molecule has 0 spiro atoms. The first-order valence-corrected chi connectivity index (χ1v) is 8.17. The first kappa shape index (κ1) is 17.4. The minimum absolute atomic E-state index is 0.331. The molecule has 0 heterocycles. The maximum absolute atomic E-state index is 13.5. The highest BCUT2D eigenvalue weighted by molar-refractivity contribution is 5.96. The third kappa shape index (κ3) is 5.05. The highest BCUT2D eigenvalue weighted by Gasteiger charge is 2.08. The van der Waals surface area contributed by atoms with Crippen LogP contribution in [0.5, 0.6) is 11.5 Å². The molecule has 4 heteroatoms. The van der Waals surface area contributed by atoms with Crippen molar-refractivity contribution in [2.24, 2.45) is 4.99 Å². The van der Waals surface area contributed by atoms with Crippen LogP contribution in [0.1, 0.15) is 6.92 Å². The van der Waals surface area contributed by atoms with Crippen molar-refractivity contribution in [3.05, 3.63) is 103 Å². The zero-order valence-corrected chi connectivity index (χ0v) is 14.3. The van der Waals surface area contributed by atoms with Gasteiger partial charge in [-0.05, 0) is 43.3 Å². The van der Waals surface area contributed by atoms with E-state index in [0.717, 1.165) is 5.69 Å². The van der Waals surface area contributed by atoms with Crippen molar-refractivity contribution >= 4 is 11.6 Å². The average molecular weight is 347 g/mol. The van der Waals surface area contributed by atoms with Gasteiger partial charge in [-0.3, -0.25) is 0 Å². The van der Waals surface area contributed by atoms with Crippen molar-refractivity contribution in [1.82, 2.24) is 0 Å². The molecule has 0 radical (unpaired) electrons. The minimum atomic E-state index is -0.372. The highest BCUT2D eigenvalue weighted by atomic mass is 19.1. The van der Waals surface area contributed by atoms with Gasteiger partial charge in [0.15, 0.2) is 0 Å². The predicted octanol–water partition coefficient (Wildman–Crippen LogP) is 5.92. The third-order valence-corrected chi connectivity index (χ3v) is 3.45. The number of rotatable bonds is 5. The molecule has 3 aromatic rings. The van der Waals surface area contributed by atoms with E-state index in [1.165, 1.54) is 12.1 Å². The molecule has 0 unspecified atom stereocenters. The van der Waals surface area contributed by atoms with E-state index >= 15 is 0 Å². The Kier molecular flexibility index (Phi) is 5.78. The molecular weight excluding hydrogens is 329 g/mol. The fraction of sp³-hybridized carbons (Fsp3) is 0.0455. The Hall–Kier alpha value is -3.40. The number of hydrogen-bond acceptors (Lipinski definition) is 3. The summed E-state index contributed by atoms with van der Waals surface area (Å²) >= 11 is 0. The molecular formula is C22H18FNO2. The minimum Gasteiger partial charge on any atom is -0.465 e. The summed E-state index contributed by atoms with van der Waals surface area (Å²) in [6.45, 7) is 1.82. The van der Waals surface area contributed by atoms with Gasteiger partial charge in [0.2, 0.25) is 5.90 Å². The molecule has 26 heavy (non-hydrogen) atoms. The molecule has 0 aliphatic heterocycles. The van der Waals surface area contributed by atoms with Gasteiger partial charge in [0.1, 0.15) is 17.3 Å². The molecule has 3 rings (SSSR count). The van der Waals surface area contributed by atoms with Crippen LogP contribution in [0.2, 0.25) is 0 Å². The van der Waals surface area contributed by atoms with Crippen LogP contribution in [0.4, 0.5) is 10.1 Å². The molecule has 0 aromatic heterocycles. The van der Waals surface area contributed by atoms with E-state index in [1.807, 2.05) is 67.6 Å². The van der Waals surface area contributed by atoms with Gasteiger partial charge in [0.05, 0.1) is 11.9 Å². The summed E-state index contributed by atoms with van der Waals surface area (Å²) in [5.41, 5.74) is 1.40. The quantitative estimate of drug-likeness (QED) is 0.326.